The molecule has 0 N–H and O–H groups in total. The first kappa shape index (κ1) is 10.3. The SMILES string of the molecule is O=C1CC(C2CC2)ON1c1ccccc1Br. The monoisotopic (exact) mass is 281 g/mol. The van der Waals surface area contributed by atoms with Gasteiger partial charge in [0, 0.05) is 4.47 Å². The molecule has 0 spiro atoms. The maximum atomic E-state index is 11.8. The molecule has 1 aliphatic carbocycles. The Morgan fingerprint density at radius 2 is 2.06 bits per heavy atom. The van der Waals surface area contributed by atoms with Gasteiger partial charge in [0.1, 0.15) is 0 Å². The van der Waals surface area contributed by atoms with Crippen molar-refractivity contribution in [3.63, 3.8) is 0 Å². The highest BCUT2D eigenvalue weighted by Crippen LogP contribution is 2.41. The van der Waals surface area contributed by atoms with Crippen LogP contribution in [0, 0.1) is 5.92 Å². The number of hydrogen-bond donors (Lipinski definition) is 0. The van der Waals surface area contributed by atoms with Crippen LogP contribution in [0.1, 0.15) is 19.3 Å². The second-order valence-electron chi connectivity index (χ2n) is 4.32. The third-order valence-corrected chi connectivity index (χ3v) is 3.73. The van der Waals surface area contributed by atoms with E-state index in [1.165, 1.54) is 17.9 Å². The van der Waals surface area contributed by atoms with E-state index in [4.69, 9.17) is 4.84 Å². The van der Waals surface area contributed by atoms with Crippen LogP contribution in [-0.2, 0) is 9.63 Å². The molecule has 1 aromatic carbocycles. The smallest absolute Gasteiger partial charge is 0.253 e. The molecular formula is C12H12BrNO2. The van der Waals surface area contributed by atoms with Gasteiger partial charge < -0.3 is 0 Å². The standard InChI is InChI=1S/C12H12BrNO2/c13-9-3-1-2-4-10(9)14-12(15)7-11(16-14)8-5-6-8/h1-4,8,11H,5-7H2. The minimum atomic E-state index is 0.0591. The Kier molecular flexibility index (Phi) is 2.48. The normalized spacial score (nSPS) is 25.2. The van der Waals surface area contributed by atoms with Crippen molar-refractivity contribution < 1.29 is 9.63 Å². The summed E-state index contributed by atoms with van der Waals surface area (Å²) in [5.41, 5.74) is 0.802. The maximum Gasteiger partial charge on any atom is 0.253 e. The summed E-state index contributed by atoms with van der Waals surface area (Å²) >= 11 is 3.43. The fourth-order valence-corrected chi connectivity index (χ4v) is 2.46. The van der Waals surface area contributed by atoms with Gasteiger partial charge in [-0.1, -0.05) is 12.1 Å². The van der Waals surface area contributed by atoms with Crippen LogP contribution in [0.15, 0.2) is 28.7 Å². The first-order valence-corrected chi connectivity index (χ1v) is 6.29. The number of amides is 1. The number of hydroxylamine groups is 1. The van der Waals surface area contributed by atoms with Gasteiger partial charge in [-0.3, -0.25) is 9.63 Å². The Morgan fingerprint density at radius 3 is 2.75 bits per heavy atom. The predicted molar refractivity (Wildman–Crippen MR) is 63.8 cm³/mol. The van der Waals surface area contributed by atoms with Crippen LogP contribution >= 0.6 is 15.9 Å². The molecule has 1 aliphatic heterocycles. The molecule has 1 saturated carbocycles. The first-order valence-electron chi connectivity index (χ1n) is 5.50. The van der Waals surface area contributed by atoms with E-state index in [2.05, 4.69) is 15.9 Å². The van der Waals surface area contributed by atoms with Gasteiger partial charge >= 0.3 is 0 Å². The van der Waals surface area contributed by atoms with E-state index >= 15 is 0 Å². The molecule has 0 radical (unpaired) electrons. The third-order valence-electron chi connectivity index (χ3n) is 3.06. The van der Waals surface area contributed by atoms with E-state index in [1.54, 1.807) is 0 Å². The van der Waals surface area contributed by atoms with Crippen LogP contribution < -0.4 is 5.06 Å². The summed E-state index contributed by atoms with van der Waals surface area (Å²) in [7, 11) is 0. The molecule has 16 heavy (non-hydrogen) atoms. The number of rotatable bonds is 2. The van der Waals surface area contributed by atoms with Crippen LogP contribution in [-0.4, -0.2) is 12.0 Å². The van der Waals surface area contributed by atoms with Crippen molar-refractivity contribution in [3.05, 3.63) is 28.7 Å². The lowest BCUT2D eigenvalue weighted by molar-refractivity contribution is -0.119. The molecule has 4 heteroatoms. The van der Waals surface area contributed by atoms with E-state index in [0.29, 0.717) is 12.3 Å². The van der Waals surface area contributed by atoms with E-state index in [0.717, 1.165) is 10.2 Å². The van der Waals surface area contributed by atoms with Gasteiger partial charge in [0.2, 0.25) is 0 Å². The molecular weight excluding hydrogens is 270 g/mol. The molecule has 1 amide bonds. The summed E-state index contributed by atoms with van der Waals surface area (Å²) in [6.45, 7) is 0. The van der Waals surface area contributed by atoms with Crippen LogP contribution in [0.3, 0.4) is 0 Å². The minimum Gasteiger partial charge on any atom is -0.272 e. The van der Waals surface area contributed by atoms with Crippen LogP contribution in [0.4, 0.5) is 5.69 Å². The third kappa shape index (κ3) is 1.76. The molecule has 1 atom stereocenters. The Balaban J connectivity index is 1.85. The highest BCUT2D eigenvalue weighted by Gasteiger charge is 2.42. The van der Waals surface area contributed by atoms with E-state index in [9.17, 15) is 4.79 Å². The maximum absolute atomic E-state index is 11.8. The molecule has 84 valence electrons. The Labute approximate surface area is 102 Å². The summed E-state index contributed by atoms with van der Waals surface area (Å²) in [6, 6.07) is 7.63. The number of carbonyl (C=O) groups excluding carboxylic acids is 1. The van der Waals surface area contributed by atoms with Crippen molar-refractivity contribution >= 4 is 27.5 Å². The molecule has 3 rings (SSSR count). The van der Waals surface area contributed by atoms with E-state index in [1.807, 2.05) is 24.3 Å². The van der Waals surface area contributed by atoms with Crippen molar-refractivity contribution in [3.8, 4) is 0 Å². The van der Waals surface area contributed by atoms with Crippen LogP contribution in [0.25, 0.3) is 0 Å². The summed E-state index contributed by atoms with van der Waals surface area (Å²) in [6.07, 6.45) is 3.01. The molecule has 3 nitrogen and oxygen atoms in total. The van der Waals surface area contributed by atoms with Gasteiger partial charge in [0.25, 0.3) is 5.91 Å². The summed E-state index contributed by atoms with van der Waals surface area (Å²) in [5.74, 6) is 0.653. The van der Waals surface area contributed by atoms with E-state index < -0.39 is 0 Å². The number of halogens is 1. The number of hydrogen-bond acceptors (Lipinski definition) is 2. The van der Waals surface area contributed by atoms with Crippen molar-refractivity contribution in [2.45, 2.75) is 25.4 Å². The summed E-state index contributed by atoms with van der Waals surface area (Å²) in [4.78, 5) is 17.6. The quantitative estimate of drug-likeness (QED) is 0.834. The van der Waals surface area contributed by atoms with Crippen molar-refractivity contribution in [2.75, 3.05) is 5.06 Å². The predicted octanol–water partition coefficient (Wildman–Crippen LogP) is 2.90. The Hall–Kier alpha value is -0.870. The first-order chi connectivity index (χ1) is 7.75. The summed E-state index contributed by atoms with van der Waals surface area (Å²) in [5, 5.41) is 1.44. The Morgan fingerprint density at radius 1 is 1.31 bits per heavy atom. The average molecular weight is 282 g/mol. The molecule has 0 aromatic heterocycles. The number of carbonyl (C=O) groups is 1. The Bertz CT molecular complexity index is 431. The zero-order valence-corrected chi connectivity index (χ0v) is 10.3. The second-order valence-corrected chi connectivity index (χ2v) is 5.18. The zero-order chi connectivity index (χ0) is 11.1. The lowest BCUT2D eigenvalue weighted by Crippen LogP contribution is -2.23. The highest BCUT2D eigenvalue weighted by atomic mass is 79.9. The van der Waals surface area contributed by atoms with Gasteiger partial charge in [-0.05, 0) is 46.8 Å². The number of para-hydroxylation sites is 1. The van der Waals surface area contributed by atoms with Gasteiger partial charge in [-0.15, -0.1) is 0 Å². The summed E-state index contributed by atoms with van der Waals surface area (Å²) < 4.78 is 0.889. The van der Waals surface area contributed by atoms with Crippen molar-refractivity contribution in [1.29, 1.82) is 0 Å². The van der Waals surface area contributed by atoms with Gasteiger partial charge in [0.05, 0.1) is 18.2 Å². The number of benzene rings is 1. The second kappa shape index (κ2) is 3.86. The zero-order valence-electron chi connectivity index (χ0n) is 8.73. The number of anilines is 1. The van der Waals surface area contributed by atoms with Crippen molar-refractivity contribution in [2.24, 2.45) is 5.92 Å². The molecule has 1 heterocycles. The largest absolute Gasteiger partial charge is 0.272 e. The molecule has 1 saturated heterocycles. The lowest BCUT2D eigenvalue weighted by atomic mass is 10.2. The fraction of sp³-hybridized carbons (Fsp3) is 0.417. The minimum absolute atomic E-state index is 0.0591. The number of nitrogens with zero attached hydrogens (tertiary/aromatic N) is 1. The molecule has 2 aliphatic rings. The average Bonchev–Trinajstić information content (AvgIpc) is 3.04. The molecule has 0 bridgehead atoms. The van der Waals surface area contributed by atoms with Crippen LogP contribution in [0.5, 0.6) is 0 Å². The van der Waals surface area contributed by atoms with Crippen molar-refractivity contribution in [1.82, 2.24) is 0 Å². The fourth-order valence-electron chi connectivity index (χ4n) is 2.01. The topological polar surface area (TPSA) is 29.5 Å². The van der Waals surface area contributed by atoms with E-state index in [-0.39, 0.29) is 12.0 Å². The van der Waals surface area contributed by atoms with Gasteiger partial charge in [-0.25, -0.2) is 0 Å². The van der Waals surface area contributed by atoms with Gasteiger partial charge in [-0.2, -0.15) is 5.06 Å². The highest BCUT2D eigenvalue weighted by molar-refractivity contribution is 9.10. The molecule has 1 unspecified atom stereocenters. The lowest BCUT2D eigenvalue weighted by Gasteiger charge is -2.17. The van der Waals surface area contributed by atoms with Gasteiger partial charge in [0.15, 0.2) is 0 Å². The molecule has 2 fully saturated rings. The van der Waals surface area contributed by atoms with Crippen LogP contribution in [0.2, 0.25) is 0 Å². The molecule has 1 aromatic rings.